The van der Waals surface area contributed by atoms with Crippen LogP contribution in [0.15, 0.2) is 60.8 Å². The second-order valence-corrected chi connectivity index (χ2v) is 5.93. The first-order valence-corrected chi connectivity index (χ1v) is 8.10. The summed E-state index contributed by atoms with van der Waals surface area (Å²) >= 11 is 5.84. The SMILES string of the molecule is O=C(Nc1ccc(F)c(F)c1)c1ccc(NCc2ccc(Cl)cc2)nc1. The molecule has 3 rings (SSSR count). The highest BCUT2D eigenvalue weighted by molar-refractivity contribution is 6.30. The van der Waals surface area contributed by atoms with E-state index in [2.05, 4.69) is 15.6 Å². The van der Waals surface area contributed by atoms with E-state index in [9.17, 15) is 13.6 Å². The number of amides is 1. The smallest absolute Gasteiger partial charge is 0.257 e. The van der Waals surface area contributed by atoms with Crippen molar-refractivity contribution in [1.29, 1.82) is 0 Å². The van der Waals surface area contributed by atoms with Gasteiger partial charge in [0.15, 0.2) is 11.6 Å². The maximum Gasteiger partial charge on any atom is 0.257 e. The van der Waals surface area contributed by atoms with Gasteiger partial charge in [-0.15, -0.1) is 0 Å². The van der Waals surface area contributed by atoms with Crippen LogP contribution in [0.1, 0.15) is 15.9 Å². The van der Waals surface area contributed by atoms with Gasteiger partial charge >= 0.3 is 0 Å². The minimum atomic E-state index is -1.03. The van der Waals surface area contributed by atoms with Gasteiger partial charge in [0.05, 0.1) is 5.56 Å². The zero-order valence-electron chi connectivity index (χ0n) is 13.5. The zero-order chi connectivity index (χ0) is 18.5. The van der Waals surface area contributed by atoms with Crippen LogP contribution in [0.3, 0.4) is 0 Å². The molecule has 0 aliphatic carbocycles. The van der Waals surface area contributed by atoms with E-state index in [0.717, 1.165) is 17.7 Å². The molecule has 1 aromatic heterocycles. The second-order valence-electron chi connectivity index (χ2n) is 5.50. The molecule has 0 atom stereocenters. The van der Waals surface area contributed by atoms with Crippen molar-refractivity contribution in [3.05, 3.63) is 88.6 Å². The summed E-state index contributed by atoms with van der Waals surface area (Å²) in [6.45, 7) is 0.560. The van der Waals surface area contributed by atoms with Crippen LogP contribution in [0, 0.1) is 11.6 Å². The molecule has 0 fully saturated rings. The van der Waals surface area contributed by atoms with E-state index in [1.165, 1.54) is 12.3 Å². The summed E-state index contributed by atoms with van der Waals surface area (Å²) in [6, 6.07) is 13.8. The number of benzene rings is 2. The van der Waals surface area contributed by atoms with Crippen LogP contribution in [0.4, 0.5) is 20.3 Å². The predicted molar refractivity (Wildman–Crippen MR) is 97.3 cm³/mol. The van der Waals surface area contributed by atoms with Gasteiger partial charge in [0.25, 0.3) is 5.91 Å². The number of hydrogen-bond acceptors (Lipinski definition) is 3. The lowest BCUT2D eigenvalue weighted by Crippen LogP contribution is -2.13. The molecule has 7 heteroatoms. The molecular weight excluding hydrogens is 360 g/mol. The summed E-state index contributed by atoms with van der Waals surface area (Å²) in [7, 11) is 0. The van der Waals surface area contributed by atoms with Crippen molar-refractivity contribution >= 4 is 29.0 Å². The summed E-state index contributed by atoms with van der Waals surface area (Å²) in [6.07, 6.45) is 1.40. The molecule has 3 aromatic rings. The summed E-state index contributed by atoms with van der Waals surface area (Å²) < 4.78 is 26.1. The Balaban J connectivity index is 1.60. The number of carbonyl (C=O) groups is 1. The fraction of sp³-hybridized carbons (Fsp3) is 0.0526. The number of rotatable bonds is 5. The van der Waals surface area contributed by atoms with Crippen LogP contribution >= 0.6 is 11.6 Å². The number of anilines is 2. The van der Waals surface area contributed by atoms with Gasteiger partial charge in [-0.1, -0.05) is 23.7 Å². The molecular formula is C19H14ClF2N3O. The first kappa shape index (κ1) is 17.8. The quantitative estimate of drug-likeness (QED) is 0.670. The van der Waals surface area contributed by atoms with Crippen molar-refractivity contribution in [2.45, 2.75) is 6.54 Å². The normalized spacial score (nSPS) is 10.4. The van der Waals surface area contributed by atoms with Crippen LogP contribution in [0.5, 0.6) is 0 Å². The Hall–Kier alpha value is -2.99. The average Bonchev–Trinajstić information content (AvgIpc) is 2.65. The van der Waals surface area contributed by atoms with Gasteiger partial charge in [-0.3, -0.25) is 4.79 Å². The van der Waals surface area contributed by atoms with Gasteiger partial charge in [0.1, 0.15) is 5.82 Å². The minimum absolute atomic E-state index is 0.166. The van der Waals surface area contributed by atoms with E-state index in [0.29, 0.717) is 22.9 Å². The molecule has 1 amide bonds. The van der Waals surface area contributed by atoms with E-state index in [4.69, 9.17) is 11.6 Å². The largest absolute Gasteiger partial charge is 0.366 e. The highest BCUT2D eigenvalue weighted by Gasteiger charge is 2.09. The van der Waals surface area contributed by atoms with Crippen molar-refractivity contribution < 1.29 is 13.6 Å². The van der Waals surface area contributed by atoms with Crippen LogP contribution in [0.2, 0.25) is 5.02 Å². The molecule has 2 aromatic carbocycles. The molecule has 0 aliphatic heterocycles. The first-order chi connectivity index (χ1) is 12.5. The van der Waals surface area contributed by atoms with Crippen LogP contribution in [-0.2, 0) is 6.54 Å². The molecule has 2 N–H and O–H groups in total. The summed E-state index contributed by atoms with van der Waals surface area (Å²) in [5.41, 5.74) is 1.50. The topological polar surface area (TPSA) is 54.0 Å². The third kappa shape index (κ3) is 4.55. The lowest BCUT2D eigenvalue weighted by molar-refractivity contribution is 0.102. The number of carbonyl (C=O) groups excluding carboxylic acids is 1. The third-order valence-electron chi connectivity index (χ3n) is 3.59. The van der Waals surface area contributed by atoms with Gasteiger partial charge in [0, 0.05) is 29.5 Å². The molecule has 0 radical (unpaired) electrons. The Labute approximate surface area is 153 Å². The lowest BCUT2D eigenvalue weighted by Gasteiger charge is -2.08. The van der Waals surface area contributed by atoms with Gasteiger partial charge < -0.3 is 10.6 Å². The fourth-order valence-electron chi connectivity index (χ4n) is 2.20. The number of aromatic nitrogens is 1. The Kier molecular flexibility index (Phi) is 5.43. The highest BCUT2D eigenvalue weighted by Crippen LogP contribution is 2.15. The van der Waals surface area contributed by atoms with E-state index in [-0.39, 0.29) is 5.69 Å². The zero-order valence-corrected chi connectivity index (χ0v) is 14.2. The van der Waals surface area contributed by atoms with E-state index in [1.54, 1.807) is 24.3 Å². The number of pyridine rings is 1. The van der Waals surface area contributed by atoms with Crippen molar-refractivity contribution in [1.82, 2.24) is 4.98 Å². The maximum atomic E-state index is 13.2. The molecule has 26 heavy (non-hydrogen) atoms. The van der Waals surface area contributed by atoms with Gasteiger partial charge in [-0.05, 0) is 42.0 Å². The van der Waals surface area contributed by atoms with Crippen LogP contribution in [0.25, 0.3) is 0 Å². The van der Waals surface area contributed by atoms with Crippen molar-refractivity contribution in [3.8, 4) is 0 Å². The molecule has 132 valence electrons. The number of nitrogens with zero attached hydrogens (tertiary/aromatic N) is 1. The summed E-state index contributed by atoms with van der Waals surface area (Å²) in [4.78, 5) is 16.3. The summed E-state index contributed by atoms with van der Waals surface area (Å²) in [5, 5.41) is 6.29. The van der Waals surface area contributed by atoms with Crippen LogP contribution in [-0.4, -0.2) is 10.9 Å². The average molecular weight is 374 g/mol. The number of nitrogens with one attached hydrogen (secondary N) is 2. The highest BCUT2D eigenvalue weighted by atomic mass is 35.5. The number of halogens is 3. The minimum Gasteiger partial charge on any atom is -0.366 e. The Bertz CT molecular complexity index is 915. The van der Waals surface area contributed by atoms with Gasteiger partial charge in [0.2, 0.25) is 0 Å². The maximum absolute atomic E-state index is 13.2. The standard InChI is InChI=1S/C19H14ClF2N3O/c20-14-4-1-12(2-5-14)10-23-18-8-3-13(11-24-18)19(26)25-15-6-7-16(21)17(22)9-15/h1-9,11H,10H2,(H,23,24)(H,25,26). The molecule has 0 saturated carbocycles. The van der Waals surface area contributed by atoms with Gasteiger partial charge in [-0.25, -0.2) is 13.8 Å². The van der Waals surface area contributed by atoms with E-state index in [1.807, 2.05) is 12.1 Å². The van der Waals surface area contributed by atoms with Crippen molar-refractivity contribution in [2.75, 3.05) is 10.6 Å². The Morgan fingerprint density at radius 2 is 1.77 bits per heavy atom. The second kappa shape index (κ2) is 7.93. The van der Waals surface area contributed by atoms with Crippen molar-refractivity contribution in [2.24, 2.45) is 0 Å². The van der Waals surface area contributed by atoms with Crippen molar-refractivity contribution in [3.63, 3.8) is 0 Å². The summed E-state index contributed by atoms with van der Waals surface area (Å²) in [5.74, 6) is -1.86. The fourth-order valence-corrected chi connectivity index (χ4v) is 2.33. The predicted octanol–water partition coefficient (Wildman–Crippen LogP) is 4.88. The molecule has 0 unspecified atom stereocenters. The molecule has 1 heterocycles. The molecule has 0 saturated heterocycles. The first-order valence-electron chi connectivity index (χ1n) is 7.72. The molecule has 0 bridgehead atoms. The Morgan fingerprint density at radius 1 is 1.00 bits per heavy atom. The molecule has 0 aliphatic rings. The third-order valence-corrected chi connectivity index (χ3v) is 3.84. The van der Waals surface area contributed by atoms with E-state index < -0.39 is 17.5 Å². The van der Waals surface area contributed by atoms with Crippen LogP contribution < -0.4 is 10.6 Å². The van der Waals surface area contributed by atoms with E-state index >= 15 is 0 Å². The molecule has 0 spiro atoms. The Morgan fingerprint density at radius 3 is 2.42 bits per heavy atom. The van der Waals surface area contributed by atoms with Gasteiger partial charge in [-0.2, -0.15) is 0 Å². The lowest BCUT2D eigenvalue weighted by atomic mass is 10.2. The number of hydrogen-bond donors (Lipinski definition) is 2. The monoisotopic (exact) mass is 373 g/mol. The molecule has 4 nitrogen and oxygen atoms in total.